The summed E-state index contributed by atoms with van der Waals surface area (Å²) in [4.78, 5) is 38.3. The fourth-order valence-electron chi connectivity index (χ4n) is 4.68. The van der Waals surface area contributed by atoms with E-state index < -0.39 is 34.9 Å². The van der Waals surface area contributed by atoms with E-state index in [4.69, 9.17) is 27.2 Å². The van der Waals surface area contributed by atoms with Crippen LogP contribution in [0.15, 0.2) is 76.3 Å². The third-order valence-electron chi connectivity index (χ3n) is 6.95. The minimum atomic E-state index is -0.936. The van der Waals surface area contributed by atoms with Crippen LogP contribution in [0.4, 0.5) is 8.78 Å². The summed E-state index contributed by atoms with van der Waals surface area (Å²) >= 11 is 6.26. The zero-order valence-electron chi connectivity index (χ0n) is 22.9. The van der Waals surface area contributed by atoms with Gasteiger partial charge in [-0.1, -0.05) is 60.1 Å². The number of unbranched alkanes of at least 4 members (excludes halogenated alkanes) is 1. The second kappa shape index (κ2) is 13.6. The van der Waals surface area contributed by atoms with Crippen molar-refractivity contribution in [1.82, 2.24) is 9.13 Å². The summed E-state index contributed by atoms with van der Waals surface area (Å²) in [6, 6.07) is 16.6. The first kappa shape index (κ1) is 30.7. The number of aromatic nitrogens is 2. The summed E-state index contributed by atoms with van der Waals surface area (Å²) in [5.41, 5.74) is 5.44. The van der Waals surface area contributed by atoms with Gasteiger partial charge >= 0.3 is 11.7 Å². The second-order valence-electron chi connectivity index (χ2n) is 9.78. The number of nitrogens with zero attached hydrogens (tertiary/aromatic N) is 2. The molecule has 0 spiro atoms. The quantitative estimate of drug-likeness (QED) is 0.214. The molecule has 0 unspecified atom stereocenters. The van der Waals surface area contributed by atoms with Crippen molar-refractivity contribution in [3.63, 3.8) is 0 Å². The Hall–Kier alpha value is -4.28. The molecule has 42 heavy (non-hydrogen) atoms. The highest BCUT2D eigenvalue weighted by atomic mass is 35.5. The maximum Gasteiger partial charge on any atom is 0.331 e. The molecule has 0 saturated carbocycles. The lowest BCUT2D eigenvalue weighted by atomic mass is 10.0. The van der Waals surface area contributed by atoms with Crippen LogP contribution < -0.4 is 21.7 Å². The fourth-order valence-corrected chi connectivity index (χ4v) is 4.90. The van der Waals surface area contributed by atoms with Crippen LogP contribution >= 0.6 is 11.6 Å². The predicted octanol–water partition coefficient (Wildman–Crippen LogP) is 5.30. The van der Waals surface area contributed by atoms with Crippen molar-refractivity contribution in [3.05, 3.63) is 121 Å². The monoisotopic (exact) mass is 597 g/mol. The lowest BCUT2D eigenvalue weighted by Crippen LogP contribution is -2.44. The second-order valence-corrected chi connectivity index (χ2v) is 10.2. The molecule has 0 radical (unpaired) electrons. The number of carbonyl (C=O) groups is 1. The highest BCUT2D eigenvalue weighted by molar-refractivity contribution is 6.31. The van der Waals surface area contributed by atoms with Crippen molar-refractivity contribution in [2.24, 2.45) is 5.73 Å². The summed E-state index contributed by atoms with van der Waals surface area (Å²) in [5.74, 6) is -2.54. The Morgan fingerprint density at radius 1 is 1.00 bits per heavy atom. The summed E-state index contributed by atoms with van der Waals surface area (Å²) in [7, 11) is 0. The van der Waals surface area contributed by atoms with E-state index in [1.165, 1.54) is 47.9 Å². The molecule has 8 nitrogen and oxygen atoms in total. The number of ether oxygens (including phenoxy) is 1. The Kier molecular flexibility index (Phi) is 9.92. The van der Waals surface area contributed by atoms with Crippen LogP contribution in [0.1, 0.15) is 42.1 Å². The minimum absolute atomic E-state index is 0.0341. The molecule has 3 aromatic carbocycles. The summed E-state index contributed by atoms with van der Waals surface area (Å²) < 4.78 is 38.3. The van der Waals surface area contributed by atoms with Crippen LogP contribution in [-0.2, 0) is 17.9 Å². The zero-order valence-corrected chi connectivity index (χ0v) is 23.6. The van der Waals surface area contributed by atoms with E-state index in [0.717, 1.165) is 4.57 Å². The molecule has 4 aromatic rings. The first-order valence-electron chi connectivity index (χ1n) is 13.3. The molecular formula is C31H30ClF2N3O5. The van der Waals surface area contributed by atoms with Gasteiger partial charge in [0.1, 0.15) is 5.82 Å². The lowest BCUT2D eigenvalue weighted by Gasteiger charge is -2.21. The van der Waals surface area contributed by atoms with Gasteiger partial charge in [0.15, 0.2) is 11.6 Å². The SMILES string of the molecule is Cc1c(-c2cccc(OCCCCC(=O)O)c2F)c(=O)n(C[C@H](N)c2ccccc2)c(=O)n1Cc1c(F)cccc1Cl. The number of aliphatic carboxylic acids is 1. The van der Waals surface area contributed by atoms with E-state index in [0.29, 0.717) is 18.4 Å². The Morgan fingerprint density at radius 3 is 2.40 bits per heavy atom. The molecule has 0 fully saturated rings. The Labute approximate surface area is 245 Å². The van der Waals surface area contributed by atoms with Crippen LogP contribution in [0, 0.1) is 18.6 Å². The van der Waals surface area contributed by atoms with E-state index in [-0.39, 0.29) is 59.3 Å². The molecular weight excluding hydrogens is 568 g/mol. The highest BCUT2D eigenvalue weighted by Crippen LogP contribution is 2.30. The number of hydrogen-bond donors (Lipinski definition) is 2. The molecule has 220 valence electrons. The van der Waals surface area contributed by atoms with Crippen LogP contribution in [0.5, 0.6) is 5.75 Å². The van der Waals surface area contributed by atoms with Crippen molar-refractivity contribution in [1.29, 1.82) is 0 Å². The number of nitrogens with two attached hydrogens (primary N) is 1. The molecule has 0 saturated heterocycles. The topological polar surface area (TPSA) is 117 Å². The molecule has 0 aliphatic carbocycles. The average Bonchev–Trinajstić information content (AvgIpc) is 2.96. The van der Waals surface area contributed by atoms with Gasteiger partial charge in [-0.15, -0.1) is 0 Å². The normalized spacial score (nSPS) is 11.8. The van der Waals surface area contributed by atoms with Crippen LogP contribution in [-0.4, -0.2) is 26.8 Å². The molecule has 0 aliphatic heterocycles. The number of benzene rings is 3. The lowest BCUT2D eigenvalue weighted by molar-refractivity contribution is -0.137. The average molecular weight is 598 g/mol. The van der Waals surface area contributed by atoms with Gasteiger partial charge in [-0.2, -0.15) is 0 Å². The van der Waals surface area contributed by atoms with Gasteiger partial charge in [0.2, 0.25) is 0 Å². The Bertz CT molecular complexity index is 1690. The third-order valence-corrected chi connectivity index (χ3v) is 7.30. The maximum atomic E-state index is 15.8. The Morgan fingerprint density at radius 2 is 1.71 bits per heavy atom. The third kappa shape index (κ3) is 6.78. The van der Waals surface area contributed by atoms with Gasteiger partial charge in [0, 0.05) is 34.3 Å². The van der Waals surface area contributed by atoms with E-state index in [2.05, 4.69) is 0 Å². The highest BCUT2D eigenvalue weighted by Gasteiger charge is 2.24. The minimum Gasteiger partial charge on any atom is -0.490 e. The molecule has 0 bridgehead atoms. The standard InChI is InChI=1S/C31H30ClF2N3O5/c1-19-28(21-11-7-14-26(29(21)34)42-16-6-5-15-27(38)39)30(40)37(18-25(35)20-9-3-2-4-10-20)31(41)36(19)17-22-23(32)12-8-13-24(22)33/h2-4,7-14,25H,5-6,15-18,35H2,1H3,(H,38,39)/t25-/m0/s1. The molecule has 1 aromatic heterocycles. The van der Waals surface area contributed by atoms with Crippen molar-refractivity contribution >= 4 is 17.6 Å². The summed E-state index contributed by atoms with van der Waals surface area (Å²) in [6.07, 6.45) is 0.697. The van der Waals surface area contributed by atoms with Crippen molar-refractivity contribution in [2.45, 2.75) is 45.3 Å². The number of carboxylic acid groups (broad SMARTS) is 1. The molecule has 1 atom stereocenters. The van der Waals surface area contributed by atoms with E-state index in [1.54, 1.807) is 24.3 Å². The Balaban J connectivity index is 1.83. The van der Waals surface area contributed by atoms with Crippen LogP contribution in [0.25, 0.3) is 11.1 Å². The summed E-state index contributed by atoms with van der Waals surface area (Å²) in [5, 5.41) is 8.89. The molecule has 11 heteroatoms. The molecule has 1 heterocycles. The van der Waals surface area contributed by atoms with Crippen molar-refractivity contribution in [2.75, 3.05) is 6.61 Å². The smallest absolute Gasteiger partial charge is 0.331 e. The zero-order chi connectivity index (χ0) is 30.4. The van der Waals surface area contributed by atoms with Gasteiger partial charge in [0.25, 0.3) is 5.56 Å². The van der Waals surface area contributed by atoms with Gasteiger partial charge < -0.3 is 15.6 Å². The molecule has 0 aliphatic rings. The van der Waals surface area contributed by atoms with Gasteiger partial charge in [-0.05, 0) is 43.5 Å². The maximum absolute atomic E-state index is 15.8. The number of halogens is 3. The van der Waals surface area contributed by atoms with Crippen LogP contribution in [0.3, 0.4) is 0 Å². The van der Waals surface area contributed by atoms with Gasteiger partial charge in [-0.25, -0.2) is 13.6 Å². The number of carboxylic acids is 1. The number of hydrogen-bond acceptors (Lipinski definition) is 5. The molecule has 0 amide bonds. The predicted molar refractivity (Wildman–Crippen MR) is 156 cm³/mol. The fraction of sp³-hybridized carbons (Fsp3) is 0.258. The van der Waals surface area contributed by atoms with E-state index in [9.17, 15) is 18.8 Å². The van der Waals surface area contributed by atoms with E-state index >= 15 is 4.39 Å². The molecule has 4 rings (SSSR count). The first-order valence-corrected chi connectivity index (χ1v) is 13.7. The van der Waals surface area contributed by atoms with Gasteiger partial charge in [0.05, 0.1) is 25.3 Å². The first-order chi connectivity index (χ1) is 20.1. The van der Waals surface area contributed by atoms with Crippen molar-refractivity contribution < 1.29 is 23.4 Å². The van der Waals surface area contributed by atoms with Crippen molar-refractivity contribution in [3.8, 4) is 16.9 Å². The number of rotatable bonds is 12. The molecule has 3 N–H and O–H groups in total. The summed E-state index contributed by atoms with van der Waals surface area (Å²) in [6.45, 7) is 1.01. The van der Waals surface area contributed by atoms with Gasteiger partial charge in [-0.3, -0.25) is 18.7 Å². The largest absolute Gasteiger partial charge is 0.490 e. The van der Waals surface area contributed by atoms with E-state index in [1.807, 2.05) is 6.07 Å². The van der Waals surface area contributed by atoms with Crippen LogP contribution in [0.2, 0.25) is 5.02 Å².